The maximum atomic E-state index is 6.05. The average molecular weight is 248 g/mol. The van der Waals surface area contributed by atoms with Gasteiger partial charge in [-0.15, -0.1) is 0 Å². The van der Waals surface area contributed by atoms with Gasteiger partial charge in [0, 0.05) is 24.1 Å². The molecule has 4 heteroatoms. The maximum absolute atomic E-state index is 6.05. The highest BCUT2D eigenvalue weighted by Gasteiger charge is 2.23. The van der Waals surface area contributed by atoms with Gasteiger partial charge in [-0.3, -0.25) is 0 Å². The minimum Gasteiger partial charge on any atom is -0.383 e. The summed E-state index contributed by atoms with van der Waals surface area (Å²) in [5.74, 6) is 2.49. The first-order valence-corrected chi connectivity index (χ1v) is 6.79. The predicted octanol–water partition coefficient (Wildman–Crippen LogP) is 2.66. The molecule has 1 aromatic rings. The maximum Gasteiger partial charge on any atom is 0.138 e. The van der Waals surface area contributed by atoms with Gasteiger partial charge >= 0.3 is 0 Å². The van der Waals surface area contributed by atoms with Gasteiger partial charge in [0.15, 0.2) is 0 Å². The van der Waals surface area contributed by atoms with E-state index < -0.39 is 0 Å². The minimum atomic E-state index is -0.0631. The van der Waals surface area contributed by atoms with Gasteiger partial charge in [0.2, 0.25) is 0 Å². The van der Waals surface area contributed by atoms with Crippen molar-refractivity contribution in [3.63, 3.8) is 0 Å². The Kier molecular flexibility index (Phi) is 3.46. The third-order valence-corrected chi connectivity index (χ3v) is 3.48. The molecule has 0 aliphatic carbocycles. The second-order valence-corrected chi connectivity index (χ2v) is 6.18. The fourth-order valence-electron chi connectivity index (χ4n) is 2.27. The average Bonchev–Trinajstić information content (AvgIpc) is 2.32. The number of aromatic nitrogens is 2. The largest absolute Gasteiger partial charge is 0.383 e. The van der Waals surface area contributed by atoms with Crippen molar-refractivity contribution in [2.24, 2.45) is 0 Å². The molecule has 1 fully saturated rings. The Labute approximate surface area is 110 Å². The van der Waals surface area contributed by atoms with Crippen LogP contribution in [-0.2, 0) is 5.41 Å². The summed E-state index contributed by atoms with van der Waals surface area (Å²) in [6, 6.07) is 0. The molecule has 4 nitrogen and oxygen atoms in total. The zero-order valence-corrected chi connectivity index (χ0v) is 12.0. The molecule has 18 heavy (non-hydrogen) atoms. The lowest BCUT2D eigenvalue weighted by Gasteiger charge is -2.30. The molecule has 0 spiro atoms. The van der Waals surface area contributed by atoms with Gasteiger partial charge in [-0.2, -0.15) is 0 Å². The normalized spacial score (nSPS) is 17.0. The van der Waals surface area contributed by atoms with Gasteiger partial charge < -0.3 is 10.6 Å². The summed E-state index contributed by atoms with van der Waals surface area (Å²) in [6.07, 6.45) is 3.81. The van der Waals surface area contributed by atoms with E-state index in [0.29, 0.717) is 5.82 Å². The minimum absolute atomic E-state index is 0.0631. The van der Waals surface area contributed by atoms with Crippen LogP contribution >= 0.6 is 0 Å². The van der Waals surface area contributed by atoms with Gasteiger partial charge in [-0.1, -0.05) is 20.8 Å². The molecule has 1 aliphatic heterocycles. The standard InChI is InChI=1S/C14H24N4/c1-10-11(15)16-13(14(2,3)4)17-12(10)18-8-6-5-7-9-18/h5-9H2,1-4H3,(H2,15,16,17). The van der Waals surface area contributed by atoms with E-state index in [1.54, 1.807) is 0 Å². The van der Waals surface area contributed by atoms with Gasteiger partial charge in [-0.25, -0.2) is 9.97 Å². The van der Waals surface area contributed by atoms with E-state index in [1.165, 1.54) is 19.3 Å². The fourth-order valence-corrected chi connectivity index (χ4v) is 2.27. The van der Waals surface area contributed by atoms with Crippen LogP contribution in [0, 0.1) is 6.92 Å². The van der Waals surface area contributed by atoms with E-state index >= 15 is 0 Å². The second kappa shape index (κ2) is 4.75. The molecular formula is C14H24N4. The van der Waals surface area contributed by atoms with Crippen LogP contribution < -0.4 is 10.6 Å². The van der Waals surface area contributed by atoms with Crippen LogP contribution in [0.4, 0.5) is 11.6 Å². The highest BCUT2D eigenvalue weighted by atomic mass is 15.2. The molecule has 100 valence electrons. The lowest BCUT2D eigenvalue weighted by Crippen LogP contribution is -2.32. The fraction of sp³-hybridized carbons (Fsp3) is 0.714. The summed E-state index contributed by atoms with van der Waals surface area (Å²) in [4.78, 5) is 11.6. The van der Waals surface area contributed by atoms with E-state index in [0.717, 1.165) is 30.3 Å². The van der Waals surface area contributed by atoms with E-state index in [1.807, 2.05) is 6.92 Å². The molecule has 2 rings (SSSR count). The highest BCUT2D eigenvalue weighted by Crippen LogP contribution is 2.28. The number of piperidine rings is 1. The zero-order chi connectivity index (χ0) is 13.3. The van der Waals surface area contributed by atoms with E-state index in [-0.39, 0.29) is 5.41 Å². The van der Waals surface area contributed by atoms with Crippen molar-refractivity contribution in [3.05, 3.63) is 11.4 Å². The third-order valence-electron chi connectivity index (χ3n) is 3.48. The van der Waals surface area contributed by atoms with Gasteiger partial charge in [0.1, 0.15) is 17.5 Å². The molecular weight excluding hydrogens is 224 g/mol. The number of rotatable bonds is 1. The first-order valence-electron chi connectivity index (χ1n) is 6.79. The Morgan fingerprint density at radius 3 is 2.22 bits per heavy atom. The van der Waals surface area contributed by atoms with Crippen molar-refractivity contribution in [1.82, 2.24) is 9.97 Å². The molecule has 0 amide bonds. The van der Waals surface area contributed by atoms with Crippen molar-refractivity contribution in [3.8, 4) is 0 Å². The molecule has 0 bridgehead atoms. The number of nitrogens with two attached hydrogens (primary N) is 1. The zero-order valence-electron chi connectivity index (χ0n) is 12.0. The number of anilines is 2. The van der Waals surface area contributed by atoms with Crippen LogP contribution in [-0.4, -0.2) is 23.1 Å². The van der Waals surface area contributed by atoms with Crippen LogP contribution in [0.2, 0.25) is 0 Å². The molecule has 1 aliphatic rings. The molecule has 0 saturated carbocycles. The van der Waals surface area contributed by atoms with Gasteiger partial charge in [0.25, 0.3) is 0 Å². The van der Waals surface area contributed by atoms with Crippen molar-refractivity contribution in [2.45, 2.75) is 52.4 Å². The van der Waals surface area contributed by atoms with Crippen LogP contribution in [0.1, 0.15) is 51.4 Å². The number of hydrogen-bond donors (Lipinski definition) is 1. The molecule has 2 N–H and O–H groups in total. The van der Waals surface area contributed by atoms with Crippen LogP contribution in [0.5, 0.6) is 0 Å². The molecule has 2 heterocycles. The monoisotopic (exact) mass is 248 g/mol. The predicted molar refractivity (Wildman–Crippen MR) is 75.9 cm³/mol. The van der Waals surface area contributed by atoms with E-state index in [2.05, 4.69) is 30.7 Å². The molecule has 0 unspecified atom stereocenters. The first kappa shape index (κ1) is 13.1. The number of nitrogen functional groups attached to an aromatic ring is 1. The lowest BCUT2D eigenvalue weighted by atomic mass is 9.95. The molecule has 0 aromatic carbocycles. The van der Waals surface area contributed by atoms with Crippen molar-refractivity contribution >= 4 is 11.6 Å². The van der Waals surface area contributed by atoms with E-state index in [4.69, 9.17) is 10.7 Å². The summed E-state index contributed by atoms with van der Waals surface area (Å²) in [5.41, 5.74) is 7.00. The first-order chi connectivity index (χ1) is 8.39. The number of hydrogen-bond acceptors (Lipinski definition) is 4. The van der Waals surface area contributed by atoms with Gasteiger partial charge in [-0.05, 0) is 26.2 Å². The summed E-state index contributed by atoms with van der Waals surface area (Å²) < 4.78 is 0. The highest BCUT2D eigenvalue weighted by molar-refractivity contribution is 5.57. The molecule has 0 atom stereocenters. The van der Waals surface area contributed by atoms with Crippen molar-refractivity contribution < 1.29 is 0 Å². The third kappa shape index (κ3) is 2.57. The summed E-state index contributed by atoms with van der Waals surface area (Å²) in [6.45, 7) is 10.6. The van der Waals surface area contributed by atoms with Gasteiger partial charge in [0.05, 0.1) is 0 Å². The Morgan fingerprint density at radius 1 is 1.06 bits per heavy atom. The lowest BCUT2D eigenvalue weighted by molar-refractivity contribution is 0.535. The Balaban J connectivity index is 2.42. The summed E-state index contributed by atoms with van der Waals surface area (Å²) >= 11 is 0. The SMILES string of the molecule is Cc1c(N)nc(C(C)(C)C)nc1N1CCCCC1. The van der Waals surface area contributed by atoms with Crippen molar-refractivity contribution in [1.29, 1.82) is 0 Å². The van der Waals surface area contributed by atoms with Crippen LogP contribution in [0.25, 0.3) is 0 Å². The summed E-state index contributed by atoms with van der Waals surface area (Å²) in [5, 5.41) is 0. The van der Waals surface area contributed by atoms with Crippen molar-refractivity contribution in [2.75, 3.05) is 23.7 Å². The quantitative estimate of drug-likeness (QED) is 0.830. The smallest absolute Gasteiger partial charge is 0.138 e. The number of nitrogens with zero attached hydrogens (tertiary/aromatic N) is 3. The Morgan fingerprint density at radius 2 is 1.67 bits per heavy atom. The topological polar surface area (TPSA) is 55.0 Å². The van der Waals surface area contributed by atoms with E-state index in [9.17, 15) is 0 Å². The molecule has 1 saturated heterocycles. The van der Waals surface area contributed by atoms with Crippen LogP contribution in [0.15, 0.2) is 0 Å². The Bertz CT molecular complexity index is 428. The van der Waals surface area contributed by atoms with Crippen LogP contribution in [0.3, 0.4) is 0 Å². The Hall–Kier alpha value is -1.32. The molecule has 0 radical (unpaired) electrons. The second-order valence-electron chi connectivity index (χ2n) is 6.18. The summed E-state index contributed by atoms with van der Waals surface area (Å²) in [7, 11) is 0. The molecule has 1 aromatic heterocycles.